The van der Waals surface area contributed by atoms with Gasteiger partial charge in [-0.1, -0.05) is 0 Å². The SMILES string of the molecule is N#Cc1ccnc(Oc2ccc(F)cc2)n1. The predicted octanol–water partition coefficient (Wildman–Crippen LogP) is 2.28. The Morgan fingerprint density at radius 2 is 1.94 bits per heavy atom. The Morgan fingerprint density at radius 1 is 1.19 bits per heavy atom. The van der Waals surface area contributed by atoms with Crippen LogP contribution in [0.15, 0.2) is 36.5 Å². The first kappa shape index (κ1) is 10.1. The van der Waals surface area contributed by atoms with Crippen molar-refractivity contribution >= 4 is 0 Å². The van der Waals surface area contributed by atoms with E-state index in [4.69, 9.17) is 10.00 Å². The van der Waals surface area contributed by atoms with Crippen LogP contribution in [0, 0.1) is 17.1 Å². The number of aromatic nitrogens is 2. The molecule has 0 amide bonds. The van der Waals surface area contributed by atoms with Crippen molar-refractivity contribution in [2.45, 2.75) is 0 Å². The number of hydrogen-bond acceptors (Lipinski definition) is 4. The number of halogens is 1. The van der Waals surface area contributed by atoms with Gasteiger partial charge in [-0.05, 0) is 30.3 Å². The molecule has 0 saturated carbocycles. The van der Waals surface area contributed by atoms with Gasteiger partial charge >= 0.3 is 6.01 Å². The summed E-state index contributed by atoms with van der Waals surface area (Å²) in [5.74, 6) is 0.0653. The first-order valence-electron chi connectivity index (χ1n) is 4.44. The van der Waals surface area contributed by atoms with E-state index in [1.165, 1.54) is 36.5 Å². The number of benzene rings is 1. The van der Waals surface area contributed by atoms with E-state index in [9.17, 15) is 4.39 Å². The molecular weight excluding hydrogens is 209 g/mol. The van der Waals surface area contributed by atoms with Crippen LogP contribution >= 0.6 is 0 Å². The zero-order valence-electron chi connectivity index (χ0n) is 8.09. The Hall–Kier alpha value is -2.48. The Bertz CT molecular complexity index is 534. The number of nitrogens with zero attached hydrogens (tertiary/aromatic N) is 3. The van der Waals surface area contributed by atoms with Crippen molar-refractivity contribution in [1.82, 2.24) is 9.97 Å². The molecular formula is C11H6FN3O. The van der Waals surface area contributed by atoms with Gasteiger partial charge in [-0.25, -0.2) is 9.37 Å². The minimum absolute atomic E-state index is 0.0608. The largest absolute Gasteiger partial charge is 0.424 e. The van der Waals surface area contributed by atoms with E-state index in [1.54, 1.807) is 0 Å². The van der Waals surface area contributed by atoms with E-state index < -0.39 is 0 Å². The van der Waals surface area contributed by atoms with Crippen LogP contribution in [-0.4, -0.2) is 9.97 Å². The van der Waals surface area contributed by atoms with E-state index in [0.717, 1.165) is 0 Å². The third kappa shape index (κ3) is 2.30. The zero-order chi connectivity index (χ0) is 11.4. The summed E-state index contributed by atoms with van der Waals surface area (Å²) >= 11 is 0. The van der Waals surface area contributed by atoms with Crippen LogP contribution in [0.25, 0.3) is 0 Å². The fourth-order valence-electron chi connectivity index (χ4n) is 1.06. The highest BCUT2D eigenvalue weighted by Gasteiger charge is 2.01. The summed E-state index contributed by atoms with van der Waals surface area (Å²) in [6.07, 6.45) is 1.42. The van der Waals surface area contributed by atoms with Crippen LogP contribution in [0.1, 0.15) is 5.69 Å². The van der Waals surface area contributed by atoms with Crippen molar-refractivity contribution < 1.29 is 9.13 Å². The van der Waals surface area contributed by atoms with E-state index >= 15 is 0 Å². The molecule has 0 aliphatic rings. The first-order valence-corrected chi connectivity index (χ1v) is 4.44. The standard InChI is InChI=1S/C11H6FN3O/c12-8-1-3-10(4-2-8)16-11-14-6-5-9(7-13)15-11/h1-6H. The van der Waals surface area contributed by atoms with Crippen LogP contribution in [0.2, 0.25) is 0 Å². The van der Waals surface area contributed by atoms with E-state index in [0.29, 0.717) is 5.75 Å². The molecule has 2 rings (SSSR count). The normalized spacial score (nSPS) is 9.50. The second-order valence-corrected chi connectivity index (χ2v) is 2.89. The molecule has 4 nitrogen and oxygen atoms in total. The Balaban J connectivity index is 2.21. The summed E-state index contributed by atoms with van der Waals surface area (Å²) in [6.45, 7) is 0. The van der Waals surface area contributed by atoms with Crippen molar-refractivity contribution in [2.75, 3.05) is 0 Å². The smallest absolute Gasteiger partial charge is 0.323 e. The van der Waals surface area contributed by atoms with E-state index in [2.05, 4.69) is 9.97 Å². The quantitative estimate of drug-likeness (QED) is 0.771. The van der Waals surface area contributed by atoms with Crippen molar-refractivity contribution in [3.63, 3.8) is 0 Å². The first-order chi connectivity index (χ1) is 7.78. The number of nitriles is 1. The molecule has 16 heavy (non-hydrogen) atoms. The molecule has 1 aromatic heterocycles. The second-order valence-electron chi connectivity index (χ2n) is 2.89. The van der Waals surface area contributed by atoms with Crippen molar-refractivity contribution in [2.24, 2.45) is 0 Å². The minimum Gasteiger partial charge on any atom is -0.424 e. The average molecular weight is 215 g/mol. The lowest BCUT2D eigenvalue weighted by atomic mass is 10.3. The summed E-state index contributed by atoms with van der Waals surface area (Å²) in [7, 11) is 0. The molecule has 2 aromatic rings. The molecule has 0 radical (unpaired) electrons. The van der Waals surface area contributed by atoms with Crippen LogP contribution in [-0.2, 0) is 0 Å². The molecule has 0 aliphatic carbocycles. The van der Waals surface area contributed by atoms with Crippen LogP contribution < -0.4 is 4.74 Å². The third-order valence-corrected chi connectivity index (χ3v) is 1.77. The molecule has 0 aliphatic heterocycles. The van der Waals surface area contributed by atoms with Crippen LogP contribution in [0.5, 0.6) is 11.8 Å². The molecule has 0 fully saturated rings. The molecule has 0 atom stereocenters. The van der Waals surface area contributed by atoms with Crippen LogP contribution in [0.4, 0.5) is 4.39 Å². The van der Waals surface area contributed by atoms with Crippen LogP contribution in [0.3, 0.4) is 0 Å². The molecule has 0 saturated heterocycles. The molecule has 0 spiro atoms. The molecule has 0 bridgehead atoms. The third-order valence-electron chi connectivity index (χ3n) is 1.77. The summed E-state index contributed by atoms with van der Waals surface area (Å²) in [4.78, 5) is 7.65. The van der Waals surface area contributed by atoms with Gasteiger partial charge in [0.25, 0.3) is 0 Å². The summed E-state index contributed by atoms with van der Waals surface area (Å²) in [5, 5.41) is 8.62. The van der Waals surface area contributed by atoms with Gasteiger partial charge in [0.1, 0.15) is 23.3 Å². The number of ether oxygens (including phenoxy) is 1. The van der Waals surface area contributed by atoms with Crippen molar-refractivity contribution in [1.29, 1.82) is 5.26 Å². The lowest BCUT2D eigenvalue weighted by molar-refractivity contribution is 0.440. The summed E-state index contributed by atoms with van der Waals surface area (Å²) < 4.78 is 17.9. The van der Waals surface area contributed by atoms with Crippen molar-refractivity contribution in [3.05, 3.63) is 48.0 Å². The molecule has 5 heteroatoms. The van der Waals surface area contributed by atoms with Gasteiger partial charge in [0.2, 0.25) is 0 Å². The highest BCUT2D eigenvalue weighted by Crippen LogP contribution is 2.17. The maximum atomic E-state index is 12.6. The van der Waals surface area contributed by atoms with Gasteiger partial charge in [0.05, 0.1) is 0 Å². The summed E-state index contributed by atoms with van der Waals surface area (Å²) in [6, 6.07) is 8.85. The average Bonchev–Trinajstić information content (AvgIpc) is 2.32. The Kier molecular flexibility index (Phi) is 2.74. The predicted molar refractivity (Wildman–Crippen MR) is 53.2 cm³/mol. The molecule has 1 heterocycles. The highest BCUT2D eigenvalue weighted by molar-refractivity contribution is 5.26. The monoisotopic (exact) mass is 215 g/mol. The minimum atomic E-state index is -0.348. The van der Waals surface area contributed by atoms with Gasteiger partial charge in [0.15, 0.2) is 0 Å². The highest BCUT2D eigenvalue weighted by atomic mass is 19.1. The molecule has 1 aromatic carbocycles. The Labute approximate surface area is 91.0 Å². The number of rotatable bonds is 2. The maximum absolute atomic E-state index is 12.6. The number of hydrogen-bond donors (Lipinski definition) is 0. The maximum Gasteiger partial charge on any atom is 0.323 e. The fraction of sp³-hybridized carbons (Fsp3) is 0. The van der Waals surface area contributed by atoms with Gasteiger partial charge in [0, 0.05) is 6.20 Å². The second kappa shape index (κ2) is 4.36. The van der Waals surface area contributed by atoms with Gasteiger partial charge in [-0.15, -0.1) is 0 Å². The van der Waals surface area contributed by atoms with Gasteiger partial charge in [-0.2, -0.15) is 10.2 Å². The lowest BCUT2D eigenvalue weighted by Crippen LogP contribution is -1.93. The van der Waals surface area contributed by atoms with E-state index in [1.807, 2.05) is 6.07 Å². The topological polar surface area (TPSA) is 58.8 Å². The van der Waals surface area contributed by atoms with E-state index in [-0.39, 0.29) is 17.5 Å². The van der Waals surface area contributed by atoms with Gasteiger partial charge in [-0.3, -0.25) is 0 Å². The molecule has 0 N–H and O–H groups in total. The zero-order valence-corrected chi connectivity index (χ0v) is 8.09. The molecule has 0 unspecified atom stereocenters. The molecule has 78 valence electrons. The van der Waals surface area contributed by atoms with Crippen molar-refractivity contribution in [3.8, 4) is 17.8 Å². The Morgan fingerprint density at radius 3 is 2.62 bits per heavy atom. The lowest BCUT2D eigenvalue weighted by Gasteiger charge is -2.02. The van der Waals surface area contributed by atoms with Gasteiger partial charge < -0.3 is 4.74 Å². The summed E-state index contributed by atoms with van der Waals surface area (Å²) in [5.41, 5.74) is 0.215. The fourth-order valence-corrected chi connectivity index (χ4v) is 1.06.